The number of hydrogen-bond acceptors (Lipinski definition) is 3. The van der Waals surface area contributed by atoms with Crippen LogP contribution in [0.25, 0.3) is 0 Å². The van der Waals surface area contributed by atoms with Crippen molar-refractivity contribution in [2.45, 2.75) is 13.8 Å². The van der Waals surface area contributed by atoms with E-state index in [1.165, 1.54) is 0 Å². The molecule has 0 atom stereocenters. The zero-order valence-electron chi connectivity index (χ0n) is 6.70. The fraction of sp³-hybridized carbons (Fsp3) is 0.375. The summed E-state index contributed by atoms with van der Waals surface area (Å²) < 4.78 is 0. The molecule has 58 valence electrons. The first kappa shape index (κ1) is 6.46. The molecule has 0 aromatic heterocycles. The van der Waals surface area contributed by atoms with Gasteiger partial charge in [-0.1, -0.05) is 13.8 Å². The highest BCUT2D eigenvalue weighted by Crippen LogP contribution is 2.24. The van der Waals surface area contributed by atoms with Crippen LogP contribution in [0.1, 0.15) is 13.8 Å². The second-order valence-corrected chi connectivity index (χ2v) is 3.40. The summed E-state index contributed by atoms with van der Waals surface area (Å²) in [7, 11) is 0. The van der Waals surface area contributed by atoms with Gasteiger partial charge in [0.2, 0.25) is 0 Å². The van der Waals surface area contributed by atoms with Crippen LogP contribution in [0.2, 0.25) is 0 Å². The SMILES string of the molecule is CC1(C)C=NN2C=CNC2=C1. The number of hydrogen-bond donors (Lipinski definition) is 1. The van der Waals surface area contributed by atoms with Crippen LogP contribution in [0.3, 0.4) is 0 Å². The van der Waals surface area contributed by atoms with Gasteiger partial charge < -0.3 is 5.32 Å². The van der Waals surface area contributed by atoms with Crippen molar-refractivity contribution in [1.82, 2.24) is 10.3 Å². The summed E-state index contributed by atoms with van der Waals surface area (Å²) >= 11 is 0. The Morgan fingerprint density at radius 1 is 1.55 bits per heavy atom. The molecule has 2 rings (SSSR count). The van der Waals surface area contributed by atoms with Crippen LogP contribution >= 0.6 is 0 Å². The standard InChI is InChI=1S/C8H11N3/c1-8(2)5-7-9-3-4-11(7)10-6-8/h3-6,9H,1-2H3. The van der Waals surface area contributed by atoms with Crippen LogP contribution in [0, 0.1) is 5.41 Å². The number of rotatable bonds is 0. The van der Waals surface area contributed by atoms with E-state index in [2.05, 4.69) is 30.3 Å². The zero-order chi connectivity index (χ0) is 7.90. The Morgan fingerprint density at radius 2 is 2.36 bits per heavy atom. The van der Waals surface area contributed by atoms with Gasteiger partial charge in [0.15, 0.2) is 0 Å². The maximum Gasteiger partial charge on any atom is 0.128 e. The Balaban J connectivity index is 2.32. The predicted molar refractivity (Wildman–Crippen MR) is 44.5 cm³/mol. The third kappa shape index (κ3) is 1.02. The molecule has 2 heterocycles. The number of hydrazone groups is 1. The lowest BCUT2D eigenvalue weighted by atomic mass is 9.94. The Morgan fingerprint density at radius 3 is 3.18 bits per heavy atom. The molecular formula is C8H11N3. The first-order valence-corrected chi connectivity index (χ1v) is 3.68. The highest BCUT2D eigenvalue weighted by atomic mass is 15.5. The zero-order valence-corrected chi connectivity index (χ0v) is 6.70. The van der Waals surface area contributed by atoms with E-state index in [0.29, 0.717) is 0 Å². The predicted octanol–water partition coefficient (Wildman–Crippen LogP) is 1.23. The molecule has 0 radical (unpaired) electrons. The topological polar surface area (TPSA) is 27.6 Å². The monoisotopic (exact) mass is 149 g/mol. The van der Waals surface area contributed by atoms with Crippen molar-refractivity contribution in [3.63, 3.8) is 0 Å². The number of nitrogens with one attached hydrogen (secondary N) is 1. The minimum absolute atomic E-state index is 0.0743. The number of nitrogens with zero attached hydrogens (tertiary/aromatic N) is 2. The van der Waals surface area contributed by atoms with Crippen LogP contribution in [-0.2, 0) is 0 Å². The van der Waals surface area contributed by atoms with Crippen molar-refractivity contribution < 1.29 is 0 Å². The fourth-order valence-corrected chi connectivity index (χ4v) is 1.15. The van der Waals surface area contributed by atoms with Gasteiger partial charge in [0.05, 0.1) is 0 Å². The normalized spacial score (nSPS) is 24.5. The lowest BCUT2D eigenvalue weighted by Gasteiger charge is -2.24. The molecule has 0 saturated carbocycles. The maximum absolute atomic E-state index is 4.23. The average Bonchev–Trinajstić information content (AvgIpc) is 2.31. The van der Waals surface area contributed by atoms with Crippen LogP contribution in [-0.4, -0.2) is 11.2 Å². The molecular weight excluding hydrogens is 138 g/mol. The smallest absolute Gasteiger partial charge is 0.128 e. The molecule has 0 bridgehead atoms. The summed E-state index contributed by atoms with van der Waals surface area (Å²) in [4.78, 5) is 0. The van der Waals surface area contributed by atoms with Crippen molar-refractivity contribution in [2.75, 3.05) is 0 Å². The lowest BCUT2D eigenvalue weighted by molar-refractivity contribution is 0.459. The van der Waals surface area contributed by atoms with E-state index in [-0.39, 0.29) is 5.41 Å². The van der Waals surface area contributed by atoms with E-state index < -0.39 is 0 Å². The van der Waals surface area contributed by atoms with E-state index >= 15 is 0 Å². The highest BCUT2D eigenvalue weighted by molar-refractivity contribution is 5.69. The minimum atomic E-state index is 0.0743. The Bertz CT molecular complexity index is 261. The quantitative estimate of drug-likeness (QED) is 0.561. The number of fused-ring (bicyclic) bond motifs is 1. The molecule has 0 fully saturated rings. The van der Waals surface area contributed by atoms with Crippen molar-refractivity contribution in [3.8, 4) is 0 Å². The molecule has 2 aliphatic heterocycles. The van der Waals surface area contributed by atoms with Crippen molar-refractivity contribution in [1.29, 1.82) is 0 Å². The van der Waals surface area contributed by atoms with Crippen LogP contribution < -0.4 is 5.32 Å². The Kier molecular flexibility index (Phi) is 1.10. The molecule has 3 nitrogen and oxygen atoms in total. The summed E-state index contributed by atoms with van der Waals surface area (Å²) in [6.45, 7) is 4.25. The third-order valence-electron chi connectivity index (χ3n) is 1.72. The van der Waals surface area contributed by atoms with E-state index in [0.717, 1.165) is 5.82 Å². The Hall–Kier alpha value is -1.25. The number of allylic oxidation sites excluding steroid dienone is 1. The van der Waals surface area contributed by atoms with E-state index in [9.17, 15) is 0 Å². The summed E-state index contributed by atoms with van der Waals surface area (Å²) in [5, 5.41) is 9.17. The van der Waals surface area contributed by atoms with Gasteiger partial charge in [0, 0.05) is 24.0 Å². The van der Waals surface area contributed by atoms with Crippen molar-refractivity contribution >= 4 is 6.21 Å². The first-order valence-electron chi connectivity index (χ1n) is 3.68. The van der Waals surface area contributed by atoms with Crippen LogP contribution in [0.4, 0.5) is 0 Å². The van der Waals surface area contributed by atoms with E-state index in [4.69, 9.17) is 0 Å². The lowest BCUT2D eigenvalue weighted by Crippen LogP contribution is -2.24. The first-order chi connectivity index (χ1) is 5.17. The van der Waals surface area contributed by atoms with Gasteiger partial charge in [-0.05, 0) is 6.08 Å². The molecule has 0 spiro atoms. The average molecular weight is 149 g/mol. The summed E-state index contributed by atoms with van der Waals surface area (Å²) in [5.74, 6) is 1.05. The molecule has 0 amide bonds. The largest absolute Gasteiger partial charge is 0.345 e. The molecule has 11 heavy (non-hydrogen) atoms. The highest BCUT2D eigenvalue weighted by Gasteiger charge is 2.22. The summed E-state index contributed by atoms with van der Waals surface area (Å²) in [6.07, 6.45) is 7.87. The van der Waals surface area contributed by atoms with E-state index in [1.54, 1.807) is 0 Å². The minimum Gasteiger partial charge on any atom is -0.345 e. The molecule has 0 unspecified atom stereocenters. The molecule has 2 aliphatic rings. The van der Waals surface area contributed by atoms with Gasteiger partial charge in [-0.15, -0.1) is 0 Å². The summed E-state index contributed by atoms with van der Waals surface area (Å²) in [5.41, 5.74) is 0.0743. The van der Waals surface area contributed by atoms with Crippen molar-refractivity contribution in [3.05, 3.63) is 24.3 Å². The van der Waals surface area contributed by atoms with Gasteiger partial charge in [-0.25, -0.2) is 5.01 Å². The molecule has 0 aromatic rings. The second-order valence-electron chi connectivity index (χ2n) is 3.40. The van der Waals surface area contributed by atoms with Crippen molar-refractivity contribution in [2.24, 2.45) is 10.5 Å². The second kappa shape index (κ2) is 1.87. The van der Waals surface area contributed by atoms with Crippen LogP contribution in [0.5, 0.6) is 0 Å². The van der Waals surface area contributed by atoms with Crippen LogP contribution in [0.15, 0.2) is 29.4 Å². The molecule has 0 aromatic carbocycles. The molecule has 0 saturated heterocycles. The summed E-state index contributed by atoms with van der Waals surface area (Å²) in [6, 6.07) is 0. The van der Waals surface area contributed by atoms with E-state index in [1.807, 2.05) is 23.6 Å². The van der Waals surface area contributed by atoms with Gasteiger partial charge in [-0.2, -0.15) is 5.10 Å². The fourth-order valence-electron chi connectivity index (χ4n) is 1.15. The molecule has 3 heteroatoms. The van der Waals surface area contributed by atoms with Gasteiger partial charge in [0.25, 0.3) is 0 Å². The Labute approximate surface area is 66.1 Å². The van der Waals surface area contributed by atoms with Gasteiger partial charge in [-0.3, -0.25) is 0 Å². The van der Waals surface area contributed by atoms with Gasteiger partial charge >= 0.3 is 0 Å². The molecule has 0 aliphatic carbocycles. The molecule has 1 N–H and O–H groups in total. The third-order valence-corrected chi connectivity index (χ3v) is 1.72. The van der Waals surface area contributed by atoms with Gasteiger partial charge in [0.1, 0.15) is 5.82 Å². The maximum atomic E-state index is 4.23.